The molecule has 0 amide bonds. The molecule has 1 saturated heterocycles. The minimum Gasteiger partial charge on any atom is -0.480 e. The summed E-state index contributed by atoms with van der Waals surface area (Å²) in [6.45, 7) is 3.04. The number of aromatic nitrogens is 1. The minimum absolute atomic E-state index is 0.122. The van der Waals surface area contributed by atoms with Crippen molar-refractivity contribution in [3.05, 3.63) is 23.9 Å². The van der Waals surface area contributed by atoms with Gasteiger partial charge >= 0.3 is 11.9 Å². The number of hydrogen-bond donors (Lipinski definition) is 1. The zero-order chi connectivity index (χ0) is 14.5. The largest absolute Gasteiger partial charge is 0.480 e. The first-order chi connectivity index (χ1) is 9.63. The maximum atomic E-state index is 11.5. The van der Waals surface area contributed by atoms with Gasteiger partial charge in [0.15, 0.2) is 6.04 Å². The minimum atomic E-state index is -0.957. The summed E-state index contributed by atoms with van der Waals surface area (Å²) in [7, 11) is 0. The molecule has 108 valence electrons. The number of carbonyl (C=O) groups is 2. The Labute approximate surface area is 116 Å². The van der Waals surface area contributed by atoms with E-state index in [-0.39, 0.29) is 6.61 Å². The number of carboxylic acids is 1. The van der Waals surface area contributed by atoms with Gasteiger partial charge in [-0.2, -0.15) is 0 Å². The lowest BCUT2D eigenvalue weighted by atomic mass is 10.2. The number of nitrogens with zero attached hydrogens (tertiary/aromatic N) is 2. The molecule has 2 rings (SSSR count). The third-order valence-corrected chi connectivity index (χ3v) is 2.97. The Kier molecular flexibility index (Phi) is 4.52. The fourth-order valence-corrected chi connectivity index (χ4v) is 1.97. The van der Waals surface area contributed by atoms with Gasteiger partial charge in [-0.1, -0.05) is 0 Å². The number of esters is 1. The number of morpholine rings is 1. The molecule has 1 N–H and O–H groups in total. The molecule has 0 aromatic carbocycles. The van der Waals surface area contributed by atoms with Gasteiger partial charge in [-0.05, 0) is 19.1 Å². The second-order valence-corrected chi connectivity index (χ2v) is 4.25. The molecule has 1 aliphatic rings. The van der Waals surface area contributed by atoms with Crippen LogP contribution in [0.1, 0.15) is 17.3 Å². The molecule has 1 atom stereocenters. The molecule has 1 aromatic rings. The van der Waals surface area contributed by atoms with Crippen molar-refractivity contribution in [1.82, 2.24) is 4.98 Å². The molecular formula is C13H16N2O5. The molecule has 20 heavy (non-hydrogen) atoms. The number of anilines is 1. The van der Waals surface area contributed by atoms with E-state index in [1.54, 1.807) is 24.0 Å². The van der Waals surface area contributed by atoms with Crippen LogP contribution in [0.4, 0.5) is 5.82 Å². The van der Waals surface area contributed by atoms with Crippen molar-refractivity contribution < 1.29 is 24.2 Å². The SMILES string of the molecule is CCOC(=O)c1ccc(N2CCOCC2C(=O)O)nc1. The summed E-state index contributed by atoms with van der Waals surface area (Å²) in [6.07, 6.45) is 1.39. The first-order valence-corrected chi connectivity index (χ1v) is 6.34. The second kappa shape index (κ2) is 6.33. The number of aliphatic carboxylic acids is 1. The van der Waals surface area contributed by atoms with Gasteiger partial charge in [0.2, 0.25) is 0 Å². The van der Waals surface area contributed by atoms with E-state index < -0.39 is 18.0 Å². The van der Waals surface area contributed by atoms with Crippen molar-refractivity contribution in [2.75, 3.05) is 31.3 Å². The third-order valence-electron chi connectivity index (χ3n) is 2.97. The summed E-state index contributed by atoms with van der Waals surface area (Å²) < 4.78 is 10.0. The van der Waals surface area contributed by atoms with Crippen LogP contribution in [0.2, 0.25) is 0 Å². The van der Waals surface area contributed by atoms with Crippen molar-refractivity contribution >= 4 is 17.8 Å². The Balaban J connectivity index is 2.15. The monoisotopic (exact) mass is 280 g/mol. The molecule has 7 heteroatoms. The van der Waals surface area contributed by atoms with Crippen molar-refractivity contribution in [2.45, 2.75) is 13.0 Å². The van der Waals surface area contributed by atoms with Crippen LogP contribution in [0.15, 0.2) is 18.3 Å². The van der Waals surface area contributed by atoms with Gasteiger partial charge in [-0.25, -0.2) is 14.6 Å². The van der Waals surface area contributed by atoms with E-state index in [1.807, 2.05) is 0 Å². The quantitative estimate of drug-likeness (QED) is 0.805. The highest BCUT2D eigenvalue weighted by Crippen LogP contribution is 2.18. The van der Waals surface area contributed by atoms with Crippen LogP contribution >= 0.6 is 0 Å². The van der Waals surface area contributed by atoms with Crippen LogP contribution < -0.4 is 4.90 Å². The van der Waals surface area contributed by atoms with E-state index >= 15 is 0 Å². The Morgan fingerprint density at radius 1 is 1.55 bits per heavy atom. The molecule has 1 fully saturated rings. The molecular weight excluding hydrogens is 264 g/mol. The lowest BCUT2D eigenvalue weighted by molar-refractivity contribution is -0.141. The highest BCUT2D eigenvalue weighted by atomic mass is 16.5. The van der Waals surface area contributed by atoms with Crippen LogP contribution in [0.25, 0.3) is 0 Å². The Bertz CT molecular complexity index is 488. The fraction of sp³-hybridized carbons (Fsp3) is 0.462. The maximum Gasteiger partial charge on any atom is 0.339 e. The number of carbonyl (C=O) groups excluding carboxylic acids is 1. The van der Waals surface area contributed by atoms with Gasteiger partial charge in [-0.15, -0.1) is 0 Å². The predicted molar refractivity (Wildman–Crippen MR) is 69.8 cm³/mol. The van der Waals surface area contributed by atoms with Crippen molar-refractivity contribution in [3.63, 3.8) is 0 Å². The van der Waals surface area contributed by atoms with Gasteiger partial charge in [0.05, 0.1) is 25.4 Å². The van der Waals surface area contributed by atoms with Crippen molar-refractivity contribution in [2.24, 2.45) is 0 Å². The predicted octanol–water partition coefficient (Wildman–Crippen LogP) is 0.548. The molecule has 0 radical (unpaired) electrons. The Morgan fingerprint density at radius 2 is 2.35 bits per heavy atom. The van der Waals surface area contributed by atoms with Crippen LogP contribution in [-0.2, 0) is 14.3 Å². The number of rotatable bonds is 4. The summed E-state index contributed by atoms with van der Waals surface area (Å²) in [5.74, 6) is -0.891. The average molecular weight is 280 g/mol. The average Bonchev–Trinajstić information content (AvgIpc) is 2.47. The molecule has 0 aliphatic carbocycles. The van der Waals surface area contributed by atoms with Crippen LogP contribution in [0.3, 0.4) is 0 Å². The molecule has 0 spiro atoms. The van der Waals surface area contributed by atoms with E-state index in [2.05, 4.69) is 4.98 Å². The zero-order valence-electron chi connectivity index (χ0n) is 11.1. The van der Waals surface area contributed by atoms with Gasteiger partial charge in [0, 0.05) is 12.7 Å². The first-order valence-electron chi connectivity index (χ1n) is 6.34. The van der Waals surface area contributed by atoms with Crippen LogP contribution in [0, 0.1) is 0 Å². The normalized spacial score (nSPS) is 18.6. The molecule has 1 aromatic heterocycles. The third kappa shape index (κ3) is 3.05. The van der Waals surface area contributed by atoms with E-state index in [1.165, 1.54) is 6.20 Å². The fourth-order valence-electron chi connectivity index (χ4n) is 1.97. The van der Waals surface area contributed by atoms with Gasteiger partial charge < -0.3 is 19.5 Å². The van der Waals surface area contributed by atoms with E-state index in [0.29, 0.717) is 31.1 Å². The number of ether oxygens (including phenoxy) is 2. The maximum absolute atomic E-state index is 11.5. The van der Waals surface area contributed by atoms with Gasteiger partial charge in [0.1, 0.15) is 5.82 Å². The highest BCUT2D eigenvalue weighted by Gasteiger charge is 2.30. The smallest absolute Gasteiger partial charge is 0.339 e. The van der Waals surface area contributed by atoms with E-state index in [0.717, 1.165) is 0 Å². The summed E-state index contributed by atoms with van der Waals surface area (Å²) in [4.78, 5) is 28.5. The molecule has 2 heterocycles. The molecule has 1 unspecified atom stereocenters. The standard InChI is InChI=1S/C13H16N2O5/c1-2-20-13(18)9-3-4-11(14-7-9)15-5-6-19-8-10(15)12(16)17/h3-4,7,10H,2,5-6,8H2,1H3,(H,16,17). The number of carboxylic acid groups (broad SMARTS) is 1. The Morgan fingerprint density at radius 3 is 2.95 bits per heavy atom. The summed E-state index contributed by atoms with van der Waals surface area (Å²) in [5.41, 5.74) is 0.343. The lowest BCUT2D eigenvalue weighted by Gasteiger charge is -2.33. The highest BCUT2D eigenvalue weighted by molar-refractivity contribution is 5.89. The van der Waals surface area contributed by atoms with Crippen LogP contribution in [-0.4, -0.2) is 54.4 Å². The lowest BCUT2D eigenvalue weighted by Crippen LogP contribution is -2.50. The molecule has 0 bridgehead atoms. The summed E-state index contributed by atoms with van der Waals surface area (Å²) in [5, 5.41) is 9.16. The van der Waals surface area contributed by atoms with Crippen molar-refractivity contribution in [1.29, 1.82) is 0 Å². The molecule has 0 saturated carbocycles. The van der Waals surface area contributed by atoms with E-state index in [4.69, 9.17) is 14.6 Å². The Hall–Kier alpha value is -2.15. The molecule has 1 aliphatic heterocycles. The topological polar surface area (TPSA) is 89.0 Å². The van der Waals surface area contributed by atoms with Gasteiger partial charge in [0.25, 0.3) is 0 Å². The van der Waals surface area contributed by atoms with Crippen LogP contribution in [0.5, 0.6) is 0 Å². The van der Waals surface area contributed by atoms with Crippen molar-refractivity contribution in [3.8, 4) is 0 Å². The second-order valence-electron chi connectivity index (χ2n) is 4.25. The van der Waals surface area contributed by atoms with Gasteiger partial charge in [-0.3, -0.25) is 0 Å². The zero-order valence-corrected chi connectivity index (χ0v) is 11.1. The number of pyridine rings is 1. The summed E-state index contributed by atoms with van der Waals surface area (Å²) in [6, 6.07) is 2.44. The summed E-state index contributed by atoms with van der Waals surface area (Å²) >= 11 is 0. The first kappa shape index (κ1) is 14.3. The molecule has 7 nitrogen and oxygen atoms in total. The van der Waals surface area contributed by atoms with E-state index in [9.17, 15) is 9.59 Å². The number of hydrogen-bond acceptors (Lipinski definition) is 6.